The quantitative estimate of drug-likeness (QED) is 0.276. The van der Waals surface area contributed by atoms with Gasteiger partial charge in [-0.3, -0.25) is 19.7 Å². The van der Waals surface area contributed by atoms with Crippen molar-refractivity contribution in [2.75, 3.05) is 5.75 Å². The largest absolute Gasteiger partial charge is 0.352 e. The van der Waals surface area contributed by atoms with Gasteiger partial charge < -0.3 is 10.2 Å². The first kappa shape index (κ1) is 28.0. The van der Waals surface area contributed by atoms with Crippen LogP contribution in [0.25, 0.3) is 0 Å². The van der Waals surface area contributed by atoms with E-state index in [1.807, 2.05) is 20.8 Å². The maximum Gasteiger partial charge on any atom is 0.269 e. The molecule has 2 aromatic rings. The third kappa shape index (κ3) is 8.18. The average molecular weight is 526 g/mol. The first-order chi connectivity index (χ1) is 16.2. The van der Waals surface area contributed by atoms with E-state index in [0.717, 1.165) is 17.5 Å². The number of nitro benzene ring substituents is 1. The van der Waals surface area contributed by atoms with E-state index in [4.69, 9.17) is 23.2 Å². The average Bonchev–Trinajstić information content (AvgIpc) is 2.81. The van der Waals surface area contributed by atoms with E-state index in [0.29, 0.717) is 22.2 Å². The Balaban J connectivity index is 2.15. The number of nitrogens with zero attached hydrogens (tertiary/aromatic N) is 2. The number of nitro groups is 1. The minimum absolute atomic E-state index is 0.00000860. The number of hydrogen-bond donors (Lipinski definition) is 1. The fourth-order valence-corrected chi connectivity index (χ4v) is 4.44. The summed E-state index contributed by atoms with van der Waals surface area (Å²) in [4.78, 5) is 38.2. The normalized spacial score (nSPS) is 12.6. The van der Waals surface area contributed by atoms with E-state index in [1.54, 1.807) is 35.2 Å². The number of rotatable bonds is 12. The van der Waals surface area contributed by atoms with Crippen LogP contribution in [0.3, 0.4) is 0 Å². The smallest absolute Gasteiger partial charge is 0.269 e. The SMILES string of the molecule is CCC(C)NC(=O)C(CC)N(Cc1ccc(Cl)c(Cl)c1)C(=O)CSCc1ccc([N+](=O)[O-])cc1. The predicted molar refractivity (Wildman–Crippen MR) is 138 cm³/mol. The summed E-state index contributed by atoms with van der Waals surface area (Å²) in [6, 6.07) is 10.8. The lowest BCUT2D eigenvalue weighted by Gasteiger charge is -2.31. The monoisotopic (exact) mass is 525 g/mol. The van der Waals surface area contributed by atoms with Gasteiger partial charge in [0.25, 0.3) is 5.69 Å². The molecule has 0 aliphatic rings. The topological polar surface area (TPSA) is 92.6 Å². The number of carbonyl (C=O) groups is 2. The first-order valence-electron chi connectivity index (χ1n) is 11.0. The zero-order valence-electron chi connectivity index (χ0n) is 19.4. The van der Waals surface area contributed by atoms with Gasteiger partial charge in [0.2, 0.25) is 11.8 Å². The van der Waals surface area contributed by atoms with Gasteiger partial charge in [0, 0.05) is 30.5 Å². The number of thioether (sulfide) groups is 1. The van der Waals surface area contributed by atoms with E-state index >= 15 is 0 Å². The van der Waals surface area contributed by atoms with Crippen molar-refractivity contribution in [1.29, 1.82) is 0 Å². The summed E-state index contributed by atoms with van der Waals surface area (Å²) >= 11 is 13.6. The van der Waals surface area contributed by atoms with Gasteiger partial charge in [-0.25, -0.2) is 0 Å². The third-order valence-electron chi connectivity index (χ3n) is 5.37. The summed E-state index contributed by atoms with van der Waals surface area (Å²) in [6.45, 7) is 6.01. The molecule has 0 heterocycles. The van der Waals surface area contributed by atoms with Crippen molar-refractivity contribution in [2.24, 2.45) is 0 Å². The van der Waals surface area contributed by atoms with Crippen molar-refractivity contribution < 1.29 is 14.5 Å². The molecule has 0 aliphatic carbocycles. The molecule has 34 heavy (non-hydrogen) atoms. The molecule has 0 saturated heterocycles. The fourth-order valence-electron chi connectivity index (χ4n) is 3.25. The van der Waals surface area contributed by atoms with Gasteiger partial charge >= 0.3 is 0 Å². The van der Waals surface area contributed by atoms with Crippen LogP contribution in [-0.4, -0.2) is 39.5 Å². The highest BCUT2D eigenvalue weighted by molar-refractivity contribution is 7.99. The van der Waals surface area contributed by atoms with Crippen LogP contribution >= 0.6 is 35.0 Å². The minimum atomic E-state index is -0.629. The molecular formula is C24H29Cl2N3O4S. The molecule has 2 rings (SSSR count). The van der Waals surface area contributed by atoms with Gasteiger partial charge in [-0.05, 0) is 43.0 Å². The minimum Gasteiger partial charge on any atom is -0.352 e. The van der Waals surface area contributed by atoms with Gasteiger partial charge in [-0.15, -0.1) is 11.8 Å². The molecule has 0 bridgehead atoms. The molecule has 0 saturated carbocycles. The fraction of sp³-hybridized carbons (Fsp3) is 0.417. The molecule has 184 valence electrons. The highest BCUT2D eigenvalue weighted by atomic mass is 35.5. The number of hydrogen-bond acceptors (Lipinski definition) is 5. The zero-order chi connectivity index (χ0) is 25.3. The van der Waals surface area contributed by atoms with Crippen molar-refractivity contribution in [3.63, 3.8) is 0 Å². The van der Waals surface area contributed by atoms with Crippen LogP contribution in [0.4, 0.5) is 5.69 Å². The van der Waals surface area contributed by atoms with E-state index in [2.05, 4.69) is 5.32 Å². The number of carbonyl (C=O) groups excluding carboxylic acids is 2. The van der Waals surface area contributed by atoms with Crippen molar-refractivity contribution in [2.45, 2.75) is 58.0 Å². The molecule has 0 fully saturated rings. The molecular weight excluding hydrogens is 497 g/mol. The second-order valence-corrected chi connectivity index (χ2v) is 9.73. The number of benzene rings is 2. The lowest BCUT2D eigenvalue weighted by Crippen LogP contribution is -2.51. The molecule has 0 radical (unpaired) electrons. The Morgan fingerprint density at radius 2 is 1.71 bits per heavy atom. The van der Waals surface area contributed by atoms with Crippen LogP contribution in [0.1, 0.15) is 44.7 Å². The maximum absolute atomic E-state index is 13.3. The van der Waals surface area contributed by atoms with E-state index < -0.39 is 11.0 Å². The molecule has 0 aromatic heterocycles. The lowest BCUT2D eigenvalue weighted by atomic mass is 10.1. The molecule has 0 spiro atoms. The molecule has 2 aromatic carbocycles. The molecule has 2 atom stereocenters. The van der Waals surface area contributed by atoms with Gasteiger partial charge in [-0.2, -0.15) is 0 Å². The van der Waals surface area contributed by atoms with E-state index in [9.17, 15) is 19.7 Å². The summed E-state index contributed by atoms with van der Waals surface area (Å²) in [7, 11) is 0. The van der Waals surface area contributed by atoms with Crippen LogP contribution in [0, 0.1) is 10.1 Å². The summed E-state index contributed by atoms with van der Waals surface area (Å²) in [5.74, 6) is 0.306. The van der Waals surface area contributed by atoms with Gasteiger partial charge in [0.1, 0.15) is 6.04 Å². The Bertz CT molecular complexity index is 1000. The maximum atomic E-state index is 13.3. The summed E-state index contributed by atoms with van der Waals surface area (Å²) in [5, 5.41) is 14.6. The van der Waals surface area contributed by atoms with E-state index in [1.165, 1.54) is 23.9 Å². The second kappa shape index (κ2) is 13.6. The summed E-state index contributed by atoms with van der Waals surface area (Å²) < 4.78 is 0. The van der Waals surface area contributed by atoms with E-state index in [-0.39, 0.29) is 35.8 Å². The standard InChI is InChI=1S/C24H29Cl2N3O4S/c1-4-16(3)27-24(31)22(5-2)28(13-18-8-11-20(25)21(26)12-18)23(30)15-34-14-17-6-9-19(10-7-17)29(32)33/h6-12,16,22H,4-5,13-15H2,1-3H3,(H,27,31). The molecule has 1 N–H and O–H groups in total. The van der Waals surface area contributed by atoms with Crippen molar-refractivity contribution in [3.8, 4) is 0 Å². The van der Waals surface area contributed by atoms with Gasteiger partial charge in [0.05, 0.1) is 20.7 Å². The Morgan fingerprint density at radius 3 is 2.26 bits per heavy atom. The first-order valence-corrected chi connectivity index (χ1v) is 12.9. The zero-order valence-corrected chi connectivity index (χ0v) is 21.8. The van der Waals surface area contributed by atoms with Crippen molar-refractivity contribution >= 4 is 52.5 Å². The van der Waals surface area contributed by atoms with Gasteiger partial charge in [0.15, 0.2) is 0 Å². The summed E-state index contributed by atoms with van der Waals surface area (Å²) in [5.41, 5.74) is 1.68. The Hall–Kier alpha value is -2.29. The highest BCUT2D eigenvalue weighted by Gasteiger charge is 2.29. The van der Waals surface area contributed by atoms with Crippen LogP contribution in [0.2, 0.25) is 10.0 Å². The Kier molecular flexibility index (Phi) is 11.1. The number of halogens is 2. The van der Waals surface area contributed by atoms with Crippen LogP contribution in [0.5, 0.6) is 0 Å². The molecule has 10 heteroatoms. The molecule has 7 nitrogen and oxygen atoms in total. The van der Waals surface area contributed by atoms with Crippen molar-refractivity contribution in [3.05, 3.63) is 73.8 Å². The molecule has 0 aliphatic heterocycles. The lowest BCUT2D eigenvalue weighted by molar-refractivity contribution is -0.384. The number of amides is 2. The second-order valence-electron chi connectivity index (χ2n) is 7.93. The van der Waals surface area contributed by atoms with Crippen molar-refractivity contribution in [1.82, 2.24) is 10.2 Å². The van der Waals surface area contributed by atoms with Crippen LogP contribution in [0.15, 0.2) is 42.5 Å². The molecule has 2 unspecified atom stereocenters. The Labute approximate surface area is 214 Å². The van der Waals surface area contributed by atoms with Crippen LogP contribution < -0.4 is 5.32 Å². The Morgan fingerprint density at radius 1 is 1.06 bits per heavy atom. The summed E-state index contributed by atoms with van der Waals surface area (Å²) in [6.07, 6.45) is 1.25. The molecule has 2 amide bonds. The number of non-ortho nitro benzene ring substituents is 1. The van der Waals surface area contributed by atoms with Crippen LogP contribution in [-0.2, 0) is 21.9 Å². The third-order valence-corrected chi connectivity index (χ3v) is 7.09. The predicted octanol–water partition coefficient (Wildman–Crippen LogP) is 5.86. The van der Waals surface area contributed by atoms with Gasteiger partial charge in [-0.1, -0.05) is 55.2 Å². The number of nitrogens with one attached hydrogen (secondary N) is 1. The highest BCUT2D eigenvalue weighted by Crippen LogP contribution is 2.25.